The van der Waals surface area contributed by atoms with Crippen molar-refractivity contribution in [3.8, 4) is 17.2 Å². The van der Waals surface area contributed by atoms with Crippen molar-refractivity contribution in [3.05, 3.63) is 76.5 Å². The van der Waals surface area contributed by atoms with Gasteiger partial charge in [0.2, 0.25) is 0 Å². The number of benzene rings is 2. The highest BCUT2D eigenvalue weighted by molar-refractivity contribution is 5.94. The summed E-state index contributed by atoms with van der Waals surface area (Å²) in [4.78, 5) is 35.4. The van der Waals surface area contributed by atoms with E-state index in [9.17, 15) is 14.7 Å². The van der Waals surface area contributed by atoms with Crippen molar-refractivity contribution in [2.45, 2.75) is 18.8 Å². The number of carbonyl (C=O) groups excluding carboxylic acids is 1. The van der Waals surface area contributed by atoms with Crippen molar-refractivity contribution in [2.24, 2.45) is 0 Å². The van der Waals surface area contributed by atoms with Crippen LogP contribution in [0.2, 0.25) is 0 Å². The van der Waals surface area contributed by atoms with E-state index in [0.29, 0.717) is 24.5 Å². The van der Waals surface area contributed by atoms with Gasteiger partial charge in [-0.25, -0.2) is 4.98 Å². The number of fused-ring (bicyclic) bond motifs is 1. The van der Waals surface area contributed by atoms with E-state index in [1.807, 2.05) is 24.3 Å². The van der Waals surface area contributed by atoms with Gasteiger partial charge in [0, 0.05) is 25.1 Å². The number of imidazole rings is 1. The van der Waals surface area contributed by atoms with Crippen molar-refractivity contribution >= 4 is 16.9 Å². The van der Waals surface area contributed by atoms with Crippen molar-refractivity contribution in [1.29, 1.82) is 0 Å². The summed E-state index contributed by atoms with van der Waals surface area (Å²) in [5.74, 6) is 0.720. The Labute approximate surface area is 189 Å². The molecule has 0 spiro atoms. The monoisotopic (exact) mass is 445 g/mol. The summed E-state index contributed by atoms with van der Waals surface area (Å²) in [6, 6.07) is 15.8. The number of H-pyrrole nitrogens is 1. The van der Waals surface area contributed by atoms with Crippen LogP contribution in [0.15, 0.2) is 59.4 Å². The van der Waals surface area contributed by atoms with Gasteiger partial charge in [0.25, 0.3) is 11.5 Å². The Hall–Kier alpha value is -4.14. The maximum atomic E-state index is 13.2. The Morgan fingerprint density at radius 2 is 1.85 bits per heavy atom. The van der Waals surface area contributed by atoms with E-state index in [4.69, 9.17) is 4.74 Å². The molecule has 5 rings (SSSR count). The number of carbonyl (C=O) groups is 1. The Kier molecular flexibility index (Phi) is 5.29. The summed E-state index contributed by atoms with van der Waals surface area (Å²) in [6.45, 7) is 0.991. The van der Waals surface area contributed by atoms with Crippen molar-refractivity contribution < 1.29 is 14.6 Å². The van der Waals surface area contributed by atoms with E-state index >= 15 is 0 Å². The number of aromatic nitrogens is 4. The number of ether oxygens (including phenoxy) is 1. The Balaban J connectivity index is 1.37. The molecule has 0 radical (unpaired) electrons. The standard InChI is InChI=1S/C24H23N5O4/c1-33-20-9-5-4-8-18(20)29-21(31)14-19(30)22(27-29)24(32)28-12-10-15(11-13-28)23-25-16-6-2-3-7-17(16)26-23/h2-9,14-15,30H,10-13H2,1H3,(H,25,26). The number of rotatable bonds is 4. The number of hydrogen-bond donors (Lipinski definition) is 2. The molecule has 1 aliphatic heterocycles. The zero-order valence-corrected chi connectivity index (χ0v) is 18.1. The molecule has 33 heavy (non-hydrogen) atoms. The van der Waals surface area contributed by atoms with Crippen LogP contribution >= 0.6 is 0 Å². The fraction of sp³-hybridized carbons (Fsp3) is 0.250. The zero-order valence-electron chi connectivity index (χ0n) is 18.1. The third-order valence-electron chi connectivity index (χ3n) is 6.00. The predicted molar refractivity (Wildman–Crippen MR) is 122 cm³/mol. The normalized spacial score (nSPS) is 14.5. The van der Waals surface area contributed by atoms with Gasteiger partial charge in [-0.05, 0) is 37.1 Å². The first-order valence-corrected chi connectivity index (χ1v) is 10.8. The number of aromatic amines is 1. The highest BCUT2D eigenvalue weighted by Crippen LogP contribution is 2.29. The summed E-state index contributed by atoms with van der Waals surface area (Å²) >= 11 is 0. The first-order valence-electron chi connectivity index (χ1n) is 10.8. The lowest BCUT2D eigenvalue weighted by Crippen LogP contribution is -2.39. The van der Waals surface area contributed by atoms with E-state index < -0.39 is 17.2 Å². The van der Waals surface area contributed by atoms with E-state index in [-0.39, 0.29) is 11.6 Å². The lowest BCUT2D eigenvalue weighted by Gasteiger charge is -2.31. The smallest absolute Gasteiger partial charge is 0.278 e. The average molecular weight is 445 g/mol. The molecule has 2 N–H and O–H groups in total. The molecule has 0 atom stereocenters. The first-order chi connectivity index (χ1) is 16.0. The Bertz CT molecular complexity index is 1350. The number of para-hydroxylation sites is 4. The van der Waals surface area contributed by atoms with Crippen molar-refractivity contribution in [2.75, 3.05) is 20.2 Å². The molecular weight excluding hydrogens is 422 g/mol. The molecule has 1 amide bonds. The van der Waals surface area contributed by atoms with E-state index in [1.54, 1.807) is 29.2 Å². The quantitative estimate of drug-likeness (QED) is 0.499. The minimum absolute atomic E-state index is 0.164. The molecule has 4 aromatic rings. The minimum atomic E-state index is -0.558. The average Bonchev–Trinajstić information content (AvgIpc) is 3.28. The van der Waals surface area contributed by atoms with Crippen LogP contribution in [0.3, 0.4) is 0 Å². The summed E-state index contributed by atoms with van der Waals surface area (Å²) in [7, 11) is 1.49. The molecule has 0 saturated carbocycles. The molecule has 2 aromatic heterocycles. The second-order valence-electron chi connectivity index (χ2n) is 8.01. The van der Waals surface area contributed by atoms with E-state index in [0.717, 1.165) is 40.4 Å². The molecule has 2 aromatic carbocycles. The molecular formula is C24H23N5O4. The number of nitrogens with zero attached hydrogens (tertiary/aromatic N) is 4. The first kappa shape index (κ1) is 20.7. The molecule has 9 nitrogen and oxygen atoms in total. The Morgan fingerprint density at radius 1 is 1.12 bits per heavy atom. The number of methoxy groups -OCH3 is 1. The molecule has 168 valence electrons. The summed E-state index contributed by atoms with van der Waals surface area (Å²) in [6.07, 6.45) is 1.47. The third kappa shape index (κ3) is 3.82. The lowest BCUT2D eigenvalue weighted by atomic mass is 9.96. The minimum Gasteiger partial charge on any atom is -0.505 e. The number of nitrogens with one attached hydrogen (secondary N) is 1. The van der Waals surface area contributed by atoms with Crippen LogP contribution in [0.25, 0.3) is 16.7 Å². The van der Waals surface area contributed by atoms with Crippen LogP contribution < -0.4 is 10.3 Å². The van der Waals surface area contributed by atoms with Crippen LogP contribution in [0.5, 0.6) is 11.5 Å². The summed E-state index contributed by atoms with van der Waals surface area (Å²) < 4.78 is 6.39. The molecule has 1 aliphatic rings. The maximum Gasteiger partial charge on any atom is 0.278 e. The van der Waals surface area contributed by atoms with Crippen LogP contribution in [-0.2, 0) is 0 Å². The number of likely N-dealkylation sites (tertiary alicyclic amines) is 1. The number of piperidine rings is 1. The van der Waals surface area contributed by atoms with Gasteiger partial charge in [0.1, 0.15) is 17.3 Å². The van der Waals surface area contributed by atoms with E-state index in [2.05, 4.69) is 15.1 Å². The molecule has 0 bridgehead atoms. The highest BCUT2D eigenvalue weighted by Gasteiger charge is 2.29. The molecule has 1 saturated heterocycles. The fourth-order valence-electron chi connectivity index (χ4n) is 4.25. The van der Waals surface area contributed by atoms with Gasteiger partial charge in [0.15, 0.2) is 11.4 Å². The van der Waals surface area contributed by atoms with Crippen LogP contribution in [-0.4, -0.2) is 55.9 Å². The van der Waals surface area contributed by atoms with Crippen LogP contribution in [0.1, 0.15) is 35.1 Å². The van der Waals surface area contributed by atoms with Gasteiger partial charge in [-0.3, -0.25) is 9.59 Å². The topological polar surface area (TPSA) is 113 Å². The van der Waals surface area contributed by atoms with Gasteiger partial charge in [0.05, 0.1) is 18.1 Å². The SMILES string of the molecule is COc1ccccc1-n1nc(C(=O)N2CCC(c3nc4ccccc4[nH]3)CC2)c(O)cc1=O. The molecule has 1 fully saturated rings. The third-order valence-corrected chi connectivity index (χ3v) is 6.00. The van der Waals surface area contributed by atoms with Gasteiger partial charge in [-0.15, -0.1) is 0 Å². The van der Waals surface area contributed by atoms with Crippen molar-refractivity contribution in [3.63, 3.8) is 0 Å². The van der Waals surface area contributed by atoms with Crippen LogP contribution in [0.4, 0.5) is 0 Å². The molecule has 9 heteroatoms. The van der Waals surface area contributed by atoms with Gasteiger partial charge in [-0.2, -0.15) is 9.78 Å². The number of aromatic hydroxyl groups is 1. The molecule has 0 unspecified atom stereocenters. The summed E-state index contributed by atoms with van der Waals surface area (Å²) in [5, 5.41) is 14.5. The largest absolute Gasteiger partial charge is 0.505 e. The van der Waals surface area contributed by atoms with Gasteiger partial charge in [-0.1, -0.05) is 24.3 Å². The second-order valence-corrected chi connectivity index (χ2v) is 8.01. The maximum absolute atomic E-state index is 13.2. The number of hydrogen-bond acceptors (Lipinski definition) is 6. The zero-order chi connectivity index (χ0) is 22.9. The second kappa shape index (κ2) is 8.42. The Morgan fingerprint density at radius 3 is 2.61 bits per heavy atom. The molecule has 0 aliphatic carbocycles. The van der Waals surface area contributed by atoms with Gasteiger partial charge < -0.3 is 19.7 Å². The highest BCUT2D eigenvalue weighted by atomic mass is 16.5. The van der Waals surface area contributed by atoms with Crippen molar-refractivity contribution in [1.82, 2.24) is 24.6 Å². The fourth-order valence-corrected chi connectivity index (χ4v) is 4.25. The van der Waals surface area contributed by atoms with Gasteiger partial charge >= 0.3 is 0 Å². The lowest BCUT2D eigenvalue weighted by molar-refractivity contribution is 0.0699. The van der Waals surface area contributed by atoms with E-state index in [1.165, 1.54) is 7.11 Å². The summed E-state index contributed by atoms with van der Waals surface area (Å²) in [5.41, 5.74) is 1.60. The predicted octanol–water partition coefficient (Wildman–Crippen LogP) is 2.84. The molecule has 3 heterocycles. The number of amides is 1. The van der Waals surface area contributed by atoms with Crippen LogP contribution in [0, 0.1) is 0 Å².